The maximum absolute atomic E-state index is 13.0. The van der Waals surface area contributed by atoms with E-state index >= 15 is 0 Å². The van der Waals surface area contributed by atoms with Gasteiger partial charge in [0.15, 0.2) is 0 Å². The highest BCUT2D eigenvalue weighted by atomic mass is 35.5. The summed E-state index contributed by atoms with van der Waals surface area (Å²) in [5, 5.41) is 5.70. The van der Waals surface area contributed by atoms with Crippen LogP contribution in [-0.2, 0) is 4.79 Å². The van der Waals surface area contributed by atoms with Crippen molar-refractivity contribution in [3.8, 4) is 0 Å². The normalized spacial score (nSPS) is 14.0. The maximum Gasteiger partial charge on any atom is 0.319 e. The van der Waals surface area contributed by atoms with Crippen molar-refractivity contribution in [1.82, 2.24) is 10.2 Å². The van der Waals surface area contributed by atoms with Gasteiger partial charge in [-0.05, 0) is 42.5 Å². The molecule has 1 aliphatic rings. The monoisotopic (exact) mass is 390 g/mol. The molecule has 1 fully saturated rings. The van der Waals surface area contributed by atoms with Gasteiger partial charge in [-0.25, -0.2) is 9.18 Å². The fourth-order valence-electron chi connectivity index (χ4n) is 2.88. The van der Waals surface area contributed by atoms with E-state index < -0.39 is 6.03 Å². The number of rotatable bonds is 4. The molecule has 0 aliphatic carbocycles. The van der Waals surface area contributed by atoms with E-state index in [9.17, 15) is 14.0 Å². The molecule has 0 aromatic heterocycles. The molecular weight excluding hydrogens is 371 g/mol. The highest BCUT2D eigenvalue weighted by molar-refractivity contribution is 6.30. The molecule has 1 aliphatic heterocycles. The lowest BCUT2D eigenvalue weighted by atomic mass is 10.2. The SMILES string of the molecule is O=C(NCC(=O)N1CCN(c2ccc(F)cc2)CC1)Nc1cccc(Cl)c1. The van der Waals surface area contributed by atoms with E-state index in [1.807, 2.05) is 0 Å². The smallest absolute Gasteiger partial charge is 0.319 e. The van der Waals surface area contributed by atoms with Gasteiger partial charge < -0.3 is 20.4 Å². The van der Waals surface area contributed by atoms with Crippen LogP contribution < -0.4 is 15.5 Å². The van der Waals surface area contributed by atoms with Crippen LogP contribution >= 0.6 is 11.6 Å². The summed E-state index contributed by atoms with van der Waals surface area (Å²) in [6.07, 6.45) is 0. The van der Waals surface area contributed by atoms with Gasteiger partial charge in [0.25, 0.3) is 0 Å². The largest absolute Gasteiger partial charge is 0.368 e. The van der Waals surface area contributed by atoms with E-state index in [-0.39, 0.29) is 18.3 Å². The predicted octanol–water partition coefficient (Wildman–Crippen LogP) is 2.95. The molecule has 142 valence electrons. The Kier molecular flexibility index (Phi) is 6.13. The molecule has 0 unspecified atom stereocenters. The van der Waals surface area contributed by atoms with Crippen molar-refractivity contribution in [3.63, 3.8) is 0 Å². The Labute approximate surface area is 161 Å². The third-order valence-electron chi connectivity index (χ3n) is 4.31. The first kappa shape index (κ1) is 19.0. The van der Waals surface area contributed by atoms with Crippen LogP contribution in [0.5, 0.6) is 0 Å². The van der Waals surface area contributed by atoms with Crippen molar-refractivity contribution in [2.75, 3.05) is 42.9 Å². The summed E-state index contributed by atoms with van der Waals surface area (Å²) in [7, 11) is 0. The van der Waals surface area contributed by atoms with Crippen LogP contribution in [0.15, 0.2) is 48.5 Å². The zero-order valence-corrected chi connectivity index (χ0v) is 15.4. The number of nitrogens with zero attached hydrogens (tertiary/aromatic N) is 2. The minimum absolute atomic E-state index is 0.0804. The molecule has 3 amide bonds. The Morgan fingerprint density at radius 1 is 1.04 bits per heavy atom. The van der Waals surface area contributed by atoms with Crippen molar-refractivity contribution < 1.29 is 14.0 Å². The number of urea groups is 1. The Morgan fingerprint density at radius 3 is 2.41 bits per heavy atom. The van der Waals surface area contributed by atoms with Crippen LogP contribution in [0.3, 0.4) is 0 Å². The van der Waals surface area contributed by atoms with E-state index in [1.54, 1.807) is 41.3 Å². The van der Waals surface area contributed by atoms with Gasteiger partial charge in [0, 0.05) is 42.6 Å². The lowest BCUT2D eigenvalue weighted by Crippen LogP contribution is -2.51. The summed E-state index contributed by atoms with van der Waals surface area (Å²) < 4.78 is 13.0. The third kappa shape index (κ3) is 5.34. The average Bonchev–Trinajstić information content (AvgIpc) is 2.67. The Balaban J connectivity index is 1.42. The van der Waals surface area contributed by atoms with E-state index in [0.29, 0.717) is 36.9 Å². The number of amides is 3. The van der Waals surface area contributed by atoms with Gasteiger partial charge >= 0.3 is 6.03 Å². The third-order valence-corrected chi connectivity index (χ3v) is 4.54. The first-order valence-electron chi connectivity index (χ1n) is 8.60. The van der Waals surface area contributed by atoms with Crippen LogP contribution in [0.1, 0.15) is 0 Å². The van der Waals surface area contributed by atoms with Crippen molar-refractivity contribution in [2.45, 2.75) is 0 Å². The molecule has 2 aromatic rings. The number of benzene rings is 2. The lowest BCUT2D eigenvalue weighted by Gasteiger charge is -2.36. The maximum atomic E-state index is 13.0. The molecule has 8 heteroatoms. The van der Waals surface area contributed by atoms with Gasteiger partial charge in [-0.3, -0.25) is 4.79 Å². The summed E-state index contributed by atoms with van der Waals surface area (Å²) in [4.78, 5) is 28.0. The van der Waals surface area contributed by atoms with E-state index in [2.05, 4.69) is 15.5 Å². The minimum atomic E-state index is -0.462. The van der Waals surface area contributed by atoms with Gasteiger partial charge in [0.2, 0.25) is 5.91 Å². The second kappa shape index (κ2) is 8.73. The molecule has 0 spiro atoms. The number of anilines is 2. The van der Waals surface area contributed by atoms with Crippen molar-refractivity contribution in [2.24, 2.45) is 0 Å². The molecule has 6 nitrogen and oxygen atoms in total. The molecule has 0 radical (unpaired) electrons. The Bertz CT molecular complexity index is 808. The molecule has 3 rings (SSSR count). The number of halogens is 2. The number of hydrogen-bond donors (Lipinski definition) is 2. The minimum Gasteiger partial charge on any atom is -0.368 e. The van der Waals surface area contributed by atoms with Crippen LogP contribution in [0.4, 0.5) is 20.6 Å². The van der Waals surface area contributed by atoms with Crippen LogP contribution in [0.2, 0.25) is 5.02 Å². The van der Waals surface area contributed by atoms with Crippen molar-refractivity contribution >= 4 is 34.9 Å². The summed E-state index contributed by atoms with van der Waals surface area (Å²) in [5.74, 6) is -0.412. The molecule has 1 heterocycles. The highest BCUT2D eigenvalue weighted by Gasteiger charge is 2.21. The van der Waals surface area contributed by atoms with Gasteiger partial charge in [-0.15, -0.1) is 0 Å². The molecular formula is C19H20ClFN4O2. The van der Waals surface area contributed by atoms with Gasteiger partial charge in [0.1, 0.15) is 5.82 Å². The van der Waals surface area contributed by atoms with E-state index in [0.717, 1.165) is 5.69 Å². The molecule has 0 saturated carbocycles. The summed E-state index contributed by atoms with van der Waals surface area (Å²) in [6.45, 7) is 2.34. The van der Waals surface area contributed by atoms with Crippen LogP contribution in [-0.4, -0.2) is 49.6 Å². The second-order valence-electron chi connectivity index (χ2n) is 6.16. The predicted molar refractivity (Wildman–Crippen MR) is 104 cm³/mol. The molecule has 0 atom stereocenters. The molecule has 0 bridgehead atoms. The summed E-state index contributed by atoms with van der Waals surface area (Å²) >= 11 is 5.87. The number of carbonyl (C=O) groups excluding carboxylic acids is 2. The summed E-state index contributed by atoms with van der Waals surface area (Å²) in [5.41, 5.74) is 1.49. The lowest BCUT2D eigenvalue weighted by molar-refractivity contribution is -0.130. The molecule has 27 heavy (non-hydrogen) atoms. The van der Waals surface area contributed by atoms with Gasteiger partial charge in [-0.1, -0.05) is 17.7 Å². The zero-order valence-electron chi connectivity index (χ0n) is 14.6. The second-order valence-corrected chi connectivity index (χ2v) is 6.60. The van der Waals surface area contributed by atoms with Crippen LogP contribution in [0, 0.1) is 5.82 Å². The number of carbonyl (C=O) groups is 2. The van der Waals surface area contributed by atoms with E-state index in [4.69, 9.17) is 11.6 Å². The standard InChI is InChI=1S/C19H20ClFN4O2/c20-14-2-1-3-16(12-14)23-19(27)22-13-18(26)25-10-8-24(9-11-25)17-6-4-15(21)5-7-17/h1-7,12H,8-11,13H2,(H2,22,23,27). The zero-order chi connectivity index (χ0) is 19.2. The molecule has 2 aromatic carbocycles. The highest BCUT2D eigenvalue weighted by Crippen LogP contribution is 2.17. The quantitative estimate of drug-likeness (QED) is 0.843. The molecule has 2 N–H and O–H groups in total. The number of piperazine rings is 1. The van der Waals surface area contributed by atoms with Gasteiger partial charge in [-0.2, -0.15) is 0 Å². The average molecular weight is 391 g/mol. The molecule has 1 saturated heterocycles. The van der Waals surface area contributed by atoms with E-state index in [1.165, 1.54) is 12.1 Å². The number of nitrogens with one attached hydrogen (secondary N) is 2. The van der Waals surface area contributed by atoms with Crippen molar-refractivity contribution in [3.05, 3.63) is 59.4 Å². The fourth-order valence-corrected chi connectivity index (χ4v) is 3.07. The number of hydrogen-bond acceptors (Lipinski definition) is 3. The topological polar surface area (TPSA) is 64.7 Å². The van der Waals surface area contributed by atoms with Gasteiger partial charge in [0.05, 0.1) is 6.54 Å². The van der Waals surface area contributed by atoms with Crippen LogP contribution in [0.25, 0.3) is 0 Å². The first-order valence-corrected chi connectivity index (χ1v) is 8.98. The Hall–Kier alpha value is -2.80. The fraction of sp³-hybridized carbons (Fsp3) is 0.263. The Morgan fingerprint density at radius 2 is 1.74 bits per heavy atom. The summed E-state index contributed by atoms with van der Waals surface area (Å²) in [6, 6.07) is 12.6. The first-order chi connectivity index (χ1) is 13.0. The van der Waals surface area contributed by atoms with Crippen molar-refractivity contribution in [1.29, 1.82) is 0 Å².